The zero-order valence-electron chi connectivity index (χ0n) is 18.1. The predicted octanol–water partition coefficient (Wildman–Crippen LogP) is 4.18. The highest BCUT2D eigenvalue weighted by Gasteiger charge is 2.40. The van der Waals surface area contributed by atoms with Crippen LogP contribution in [0.15, 0.2) is 30.6 Å². The smallest absolute Gasteiger partial charge is 0.407 e. The van der Waals surface area contributed by atoms with Gasteiger partial charge >= 0.3 is 6.09 Å². The first kappa shape index (κ1) is 22.5. The fourth-order valence-corrected chi connectivity index (χ4v) is 4.10. The van der Waals surface area contributed by atoms with Crippen molar-refractivity contribution >= 4 is 17.8 Å². The average Bonchev–Trinajstić information content (AvgIpc) is 3.16. The van der Waals surface area contributed by atoms with E-state index in [9.17, 15) is 19.1 Å². The van der Waals surface area contributed by atoms with Crippen LogP contribution in [0.4, 0.5) is 15.0 Å². The van der Waals surface area contributed by atoms with E-state index in [-0.39, 0.29) is 17.9 Å². The van der Waals surface area contributed by atoms with Crippen LogP contribution in [0.3, 0.4) is 0 Å². The summed E-state index contributed by atoms with van der Waals surface area (Å²) in [5.74, 6) is -0.309. The zero-order chi connectivity index (χ0) is 22.8. The third kappa shape index (κ3) is 5.10. The van der Waals surface area contributed by atoms with Gasteiger partial charge in [-0.1, -0.05) is 0 Å². The maximum absolute atomic E-state index is 13.5. The van der Waals surface area contributed by atoms with Gasteiger partial charge in [-0.25, -0.2) is 19.2 Å². The average molecular weight is 430 g/mol. The molecule has 1 aromatic carbocycles. The summed E-state index contributed by atoms with van der Waals surface area (Å²) in [5, 5.41) is 12.4. The van der Waals surface area contributed by atoms with Crippen molar-refractivity contribution in [3.05, 3.63) is 36.4 Å². The molecule has 0 bridgehead atoms. The van der Waals surface area contributed by atoms with Crippen molar-refractivity contribution < 1.29 is 23.8 Å². The Morgan fingerprint density at radius 3 is 2.61 bits per heavy atom. The third-order valence-corrected chi connectivity index (χ3v) is 5.43. The number of carbonyl (C=O) groups is 2. The van der Waals surface area contributed by atoms with E-state index in [2.05, 4.69) is 15.3 Å². The lowest BCUT2D eigenvalue weighted by Gasteiger charge is -2.38. The van der Waals surface area contributed by atoms with Gasteiger partial charge in [0.2, 0.25) is 5.91 Å². The molecule has 0 unspecified atom stereocenters. The number of aromatic nitrogens is 2. The molecule has 2 amide bonds. The Kier molecular flexibility index (Phi) is 6.42. The highest BCUT2D eigenvalue weighted by atomic mass is 19.1. The maximum atomic E-state index is 13.5. The molecular formula is C22H27FN4O4. The van der Waals surface area contributed by atoms with Gasteiger partial charge in [-0.2, -0.15) is 0 Å². The van der Waals surface area contributed by atoms with Gasteiger partial charge in [-0.3, -0.25) is 4.79 Å². The number of hydrogen-bond donors (Lipinski definition) is 2. The van der Waals surface area contributed by atoms with E-state index < -0.39 is 17.4 Å². The quantitative estimate of drug-likeness (QED) is 0.737. The fraction of sp³-hybridized carbons (Fsp3) is 0.455. The molecule has 0 aliphatic heterocycles. The molecule has 1 saturated carbocycles. The highest BCUT2D eigenvalue weighted by Crippen LogP contribution is 2.34. The number of nitrogens with one attached hydrogen (secondary N) is 1. The molecule has 2 N–H and O–H groups in total. The van der Waals surface area contributed by atoms with Crippen LogP contribution >= 0.6 is 0 Å². The number of benzene rings is 1. The van der Waals surface area contributed by atoms with Crippen LogP contribution in [0.2, 0.25) is 0 Å². The molecule has 1 aliphatic carbocycles. The molecule has 0 radical (unpaired) electrons. The number of methoxy groups -OCH3 is 1. The normalized spacial score (nSPS) is 18.5. The lowest BCUT2D eigenvalue weighted by atomic mass is 10.0. The molecule has 0 spiro atoms. The van der Waals surface area contributed by atoms with Gasteiger partial charge in [-0.05, 0) is 52.2 Å². The molecule has 166 valence electrons. The van der Waals surface area contributed by atoms with E-state index in [0.717, 1.165) is 0 Å². The SMILES string of the molecule is COc1cc(F)ccc1-c1cc(NC(=O)[C@H]2CC[C@@H](N(C(=O)O)C(C)(C)C)C2)ncn1. The fourth-order valence-electron chi connectivity index (χ4n) is 4.10. The van der Waals surface area contributed by atoms with Crippen molar-refractivity contribution in [2.45, 2.75) is 51.6 Å². The first-order chi connectivity index (χ1) is 14.6. The number of anilines is 1. The first-order valence-electron chi connectivity index (χ1n) is 10.1. The lowest BCUT2D eigenvalue weighted by molar-refractivity contribution is -0.119. The van der Waals surface area contributed by atoms with Crippen molar-refractivity contribution in [3.8, 4) is 17.0 Å². The van der Waals surface area contributed by atoms with Crippen molar-refractivity contribution in [3.63, 3.8) is 0 Å². The summed E-state index contributed by atoms with van der Waals surface area (Å²) < 4.78 is 18.7. The summed E-state index contributed by atoms with van der Waals surface area (Å²) in [5.41, 5.74) is 0.513. The van der Waals surface area contributed by atoms with E-state index in [0.29, 0.717) is 42.1 Å². The minimum Gasteiger partial charge on any atom is -0.496 e. The molecular weight excluding hydrogens is 403 g/mol. The highest BCUT2D eigenvalue weighted by molar-refractivity contribution is 5.92. The third-order valence-electron chi connectivity index (χ3n) is 5.43. The van der Waals surface area contributed by atoms with Crippen LogP contribution in [0.25, 0.3) is 11.3 Å². The number of ether oxygens (including phenoxy) is 1. The molecule has 8 nitrogen and oxygen atoms in total. The molecule has 9 heteroatoms. The van der Waals surface area contributed by atoms with E-state index in [4.69, 9.17) is 4.74 Å². The van der Waals surface area contributed by atoms with Gasteiger partial charge in [0.15, 0.2) is 0 Å². The molecule has 1 aromatic heterocycles. The number of amides is 2. The Morgan fingerprint density at radius 1 is 1.23 bits per heavy atom. The minimum absolute atomic E-state index is 0.210. The summed E-state index contributed by atoms with van der Waals surface area (Å²) in [6.45, 7) is 5.54. The second-order valence-corrected chi connectivity index (χ2v) is 8.61. The zero-order valence-corrected chi connectivity index (χ0v) is 18.1. The van der Waals surface area contributed by atoms with Gasteiger partial charge < -0.3 is 20.1 Å². The van der Waals surface area contributed by atoms with Crippen molar-refractivity contribution in [2.24, 2.45) is 5.92 Å². The Morgan fingerprint density at radius 2 is 1.97 bits per heavy atom. The Hall–Kier alpha value is -3.23. The van der Waals surface area contributed by atoms with Gasteiger partial charge in [-0.15, -0.1) is 0 Å². The van der Waals surface area contributed by atoms with Gasteiger partial charge in [0.05, 0.1) is 12.8 Å². The van der Waals surface area contributed by atoms with Crippen LogP contribution < -0.4 is 10.1 Å². The summed E-state index contributed by atoms with van der Waals surface area (Å²) >= 11 is 0. The molecule has 2 aromatic rings. The molecule has 0 saturated heterocycles. The Bertz CT molecular complexity index is 976. The number of carbonyl (C=O) groups excluding carboxylic acids is 1. The van der Waals surface area contributed by atoms with Crippen molar-refractivity contribution in [2.75, 3.05) is 12.4 Å². The Labute approximate surface area is 180 Å². The standard InChI is InChI=1S/C22H27FN4O4/c1-22(2,3)27(21(29)30)15-7-5-13(9-15)20(28)26-19-11-17(24-12-25-19)16-8-6-14(23)10-18(16)31-4/h6,8,10-13,15H,5,7,9H2,1-4H3,(H,29,30)(H,24,25,26,28)/t13-,15+/m0/s1. The monoisotopic (exact) mass is 430 g/mol. The second kappa shape index (κ2) is 8.87. The van der Waals surface area contributed by atoms with Crippen molar-refractivity contribution in [1.82, 2.24) is 14.9 Å². The van der Waals surface area contributed by atoms with Crippen molar-refractivity contribution in [1.29, 1.82) is 0 Å². The number of rotatable bonds is 5. The summed E-state index contributed by atoms with van der Waals surface area (Å²) in [6, 6.07) is 5.51. The van der Waals surface area contributed by atoms with Gasteiger partial charge in [0.25, 0.3) is 0 Å². The molecule has 1 aliphatic rings. The van der Waals surface area contributed by atoms with E-state index in [1.54, 1.807) is 12.1 Å². The molecule has 3 rings (SSSR count). The minimum atomic E-state index is -0.979. The summed E-state index contributed by atoms with van der Waals surface area (Å²) in [6.07, 6.45) is 2.02. The molecule has 1 heterocycles. The van der Waals surface area contributed by atoms with Crippen LogP contribution in [-0.4, -0.2) is 50.7 Å². The summed E-state index contributed by atoms with van der Waals surface area (Å²) in [7, 11) is 1.44. The first-order valence-corrected chi connectivity index (χ1v) is 10.1. The second-order valence-electron chi connectivity index (χ2n) is 8.61. The van der Waals surface area contributed by atoms with E-state index in [1.807, 2.05) is 20.8 Å². The number of hydrogen-bond acceptors (Lipinski definition) is 5. The van der Waals surface area contributed by atoms with E-state index in [1.165, 1.54) is 30.5 Å². The maximum Gasteiger partial charge on any atom is 0.407 e. The predicted molar refractivity (Wildman–Crippen MR) is 113 cm³/mol. The molecule has 31 heavy (non-hydrogen) atoms. The largest absolute Gasteiger partial charge is 0.496 e. The van der Waals surface area contributed by atoms with Crippen LogP contribution in [0.5, 0.6) is 5.75 Å². The molecule has 2 atom stereocenters. The number of carboxylic acid groups (broad SMARTS) is 1. The number of nitrogens with zero attached hydrogens (tertiary/aromatic N) is 3. The van der Waals surface area contributed by atoms with E-state index >= 15 is 0 Å². The summed E-state index contributed by atoms with van der Waals surface area (Å²) in [4.78, 5) is 34.3. The van der Waals surface area contributed by atoms with Gasteiger partial charge in [0.1, 0.15) is 23.7 Å². The lowest BCUT2D eigenvalue weighted by Crippen LogP contribution is -2.50. The van der Waals surface area contributed by atoms with Crippen LogP contribution in [0, 0.1) is 11.7 Å². The topological polar surface area (TPSA) is 105 Å². The Balaban J connectivity index is 1.72. The van der Waals surface area contributed by atoms with Gasteiger partial charge in [0, 0.05) is 35.2 Å². The molecule has 1 fully saturated rings. The van der Waals surface area contributed by atoms with Crippen LogP contribution in [0.1, 0.15) is 40.0 Å². The number of halogens is 1. The van der Waals surface area contributed by atoms with Crippen LogP contribution in [-0.2, 0) is 4.79 Å².